The molecule has 27 heavy (non-hydrogen) atoms. The van der Waals surface area contributed by atoms with E-state index in [-0.39, 0.29) is 24.4 Å². The molecule has 2 rings (SSSR count). The third-order valence-electron chi connectivity index (χ3n) is 4.79. The standard InChI is InChI=1S/C20H28N2O5/c1-3-27-18-8-6-16(7-9-18)13-19(24)21-11-4-5-17(10-12-21)22(15(2)23)14-20(25)26/h6-9,17H,3-5,10-14H2,1-2H3,(H,25,26)/t17-/m1/s1. The summed E-state index contributed by atoms with van der Waals surface area (Å²) in [5.74, 6) is -0.420. The van der Waals surface area contributed by atoms with Crippen molar-refractivity contribution in [1.29, 1.82) is 0 Å². The maximum atomic E-state index is 12.6. The number of hydrogen-bond donors (Lipinski definition) is 1. The molecule has 0 radical (unpaired) electrons. The fourth-order valence-corrected chi connectivity index (χ4v) is 3.44. The smallest absolute Gasteiger partial charge is 0.323 e. The third kappa shape index (κ3) is 6.27. The van der Waals surface area contributed by atoms with Crippen LogP contribution in [0.15, 0.2) is 24.3 Å². The van der Waals surface area contributed by atoms with Crippen LogP contribution >= 0.6 is 0 Å². The molecule has 0 saturated carbocycles. The number of likely N-dealkylation sites (tertiary alicyclic amines) is 1. The molecule has 0 aromatic heterocycles. The van der Waals surface area contributed by atoms with Crippen LogP contribution in [0.1, 0.15) is 38.7 Å². The van der Waals surface area contributed by atoms with Crippen molar-refractivity contribution >= 4 is 17.8 Å². The van der Waals surface area contributed by atoms with E-state index in [0.29, 0.717) is 39.0 Å². The van der Waals surface area contributed by atoms with E-state index in [0.717, 1.165) is 17.7 Å². The normalized spacial score (nSPS) is 17.1. The number of rotatable bonds is 7. The minimum atomic E-state index is -1.02. The number of carboxylic acids is 1. The van der Waals surface area contributed by atoms with Gasteiger partial charge in [0.25, 0.3) is 0 Å². The Labute approximate surface area is 159 Å². The molecule has 1 aromatic carbocycles. The van der Waals surface area contributed by atoms with Crippen LogP contribution in [0.4, 0.5) is 0 Å². The van der Waals surface area contributed by atoms with Gasteiger partial charge in [0.15, 0.2) is 0 Å². The Kier molecular flexibility index (Phi) is 7.64. The Morgan fingerprint density at radius 1 is 1.19 bits per heavy atom. The number of benzene rings is 1. The SMILES string of the molecule is CCOc1ccc(CC(=O)N2CCC[C@@H](N(CC(=O)O)C(C)=O)CC2)cc1. The van der Waals surface area contributed by atoms with Gasteiger partial charge in [-0.1, -0.05) is 12.1 Å². The largest absolute Gasteiger partial charge is 0.494 e. The Morgan fingerprint density at radius 3 is 2.48 bits per heavy atom. The van der Waals surface area contributed by atoms with Gasteiger partial charge in [0, 0.05) is 26.1 Å². The number of carbonyl (C=O) groups excluding carboxylic acids is 2. The van der Waals surface area contributed by atoms with E-state index in [9.17, 15) is 14.4 Å². The van der Waals surface area contributed by atoms with Gasteiger partial charge in [0.1, 0.15) is 12.3 Å². The van der Waals surface area contributed by atoms with Crippen LogP contribution in [0.25, 0.3) is 0 Å². The van der Waals surface area contributed by atoms with Gasteiger partial charge in [-0.2, -0.15) is 0 Å². The minimum absolute atomic E-state index is 0.0485. The van der Waals surface area contributed by atoms with Crippen LogP contribution in [-0.2, 0) is 20.8 Å². The Bertz CT molecular complexity index is 659. The molecule has 1 fully saturated rings. The van der Waals surface area contributed by atoms with E-state index >= 15 is 0 Å². The number of carboxylic acid groups (broad SMARTS) is 1. The van der Waals surface area contributed by atoms with Crippen LogP contribution in [0.5, 0.6) is 5.75 Å². The highest BCUT2D eigenvalue weighted by molar-refractivity contribution is 5.80. The highest BCUT2D eigenvalue weighted by Crippen LogP contribution is 2.19. The zero-order valence-electron chi connectivity index (χ0n) is 16.0. The first-order valence-electron chi connectivity index (χ1n) is 9.39. The maximum Gasteiger partial charge on any atom is 0.323 e. The summed E-state index contributed by atoms with van der Waals surface area (Å²) < 4.78 is 5.41. The highest BCUT2D eigenvalue weighted by atomic mass is 16.5. The fraction of sp³-hybridized carbons (Fsp3) is 0.550. The van der Waals surface area contributed by atoms with Gasteiger partial charge >= 0.3 is 5.97 Å². The van der Waals surface area contributed by atoms with E-state index in [1.807, 2.05) is 36.1 Å². The predicted molar refractivity (Wildman–Crippen MR) is 101 cm³/mol. The third-order valence-corrected chi connectivity index (χ3v) is 4.79. The molecule has 1 heterocycles. The van der Waals surface area contributed by atoms with Gasteiger partial charge < -0.3 is 19.6 Å². The lowest BCUT2D eigenvalue weighted by Crippen LogP contribution is -2.43. The minimum Gasteiger partial charge on any atom is -0.494 e. The lowest BCUT2D eigenvalue weighted by Gasteiger charge is -2.28. The van der Waals surface area contributed by atoms with Gasteiger partial charge in [-0.25, -0.2) is 0 Å². The monoisotopic (exact) mass is 376 g/mol. The molecule has 0 aliphatic carbocycles. The molecule has 1 aliphatic heterocycles. The number of amides is 2. The second kappa shape index (κ2) is 9.94. The number of hydrogen-bond acceptors (Lipinski definition) is 4. The van der Waals surface area contributed by atoms with Gasteiger partial charge in [0.05, 0.1) is 13.0 Å². The van der Waals surface area contributed by atoms with Crippen molar-refractivity contribution in [3.05, 3.63) is 29.8 Å². The average Bonchev–Trinajstić information content (AvgIpc) is 2.87. The van der Waals surface area contributed by atoms with Crippen molar-refractivity contribution in [3.8, 4) is 5.75 Å². The predicted octanol–water partition coefficient (Wildman–Crippen LogP) is 1.94. The molecule has 7 nitrogen and oxygen atoms in total. The molecule has 148 valence electrons. The summed E-state index contributed by atoms with van der Waals surface area (Å²) in [5, 5.41) is 9.02. The van der Waals surface area contributed by atoms with Crippen molar-refractivity contribution in [3.63, 3.8) is 0 Å². The first-order valence-corrected chi connectivity index (χ1v) is 9.39. The first kappa shape index (κ1) is 20.7. The molecule has 1 saturated heterocycles. The summed E-state index contributed by atoms with van der Waals surface area (Å²) in [7, 11) is 0. The van der Waals surface area contributed by atoms with E-state index in [4.69, 9.17) is 9.84 Å². The molecule has 1 N–H and O–H groups in total. The Balaban J connectivity index is 1.93. The lowest BCUT2D eigenvalue weighted by molar-refractivity contribution is -0.145. The van der Waals surface area contributed by atoms with E-state index in [2.05, 4.69) is 0 Å². The van der Waals surface area contributed by atoms with Gasteiger partial charge in [-0.05, 0) is 43.9 Å². The lowest BCUT2D eigenvalue weighted by atomic mass is 10.1. The molecular formula is C20H28N2O5. The topological polar surface area (TPSA) is 87.2 Å². The Morgan fingerprint density at radius 2 is 1.89 bits per heavy atom. The van der Waals surface area contributed by atoms with Crippen molar-refractivity contribution in [2.24, 2.45) is 0 Å². The highest BCUT2D eigenvalue weighted by Gasteiger charge is 2.27. The molecular weight excluding hydrogens is 348 g/mol. The number of aliphatic carboxylic acids is 1. The second-order valence-corrected chi connectivity index (χ2v) is 6.76. The summed E-state index contributed by atoms with van der Waals surface area (Å²) in [6.07, 6.45) is 2.38. The summed E-state index contributed by atoms with van der Waals surface area (Å²) in [4.78, 5) is 38.7. The maximum absolute atomic E-state index is 12.6. The van der Waals surface area contributed by atoms with Crippen LogP contribution in [0.2, 0.25) is 0 Å². The second-order valence-electron chi connectivity index (χ2n) is 6.76. The summed E-state index contributed by atoms with van der Waals surface area (Å²) in [6.45, 7) is 4.79. The number of ether oxygens (including phenoxy) is 1. The molecule has 1 atom stereocenters. The molecule has 0 spiro atoms. The summed E-state index contributed by atoms with van der Waals surface area (Å²) in [5.41, 5.74) is 0.931. The van der Waals surface area contributed by atoms with E-state index in [1.54, 1.807) is 0 Å². The molecule has 1 aromatic rings. The van der Waals surface area contributed by atoms with Crippen LogP contribution < -0.4 is 4.74 Å². The van der Waals surface area contributed by atoms with Crippen molar-refractivity contribution < 1.29 is 24.2 Å². The molecule has 1 aliphatic rings. The molecule has 7 heteroatoms. The van der Waals surface area contributed by atoms with E-state index < -0.39 is 5.97 Å². The van der Waals surface area contributed by atoms with Crippen LogP contribution in [-0.4, -0.2) is 65.0 Å². The van der Waals surface area contributed by atoms with Crippen molar-refractivity contribution in [2.45, 2.75) is 45.6 Å². The fourth-order valence-electron chi connectivity index (χ4n) is 3.44. The molecule has 0 unspecified atom stereocenters. The number of carbonyl (C=O) groups is 3. The molecule has 0 bridgehead atoms. The first-order chi connectivity index (χ1) is 12.9. The van der Waals surface area contributed by atoms with Gasteiger partial charge in [0.2, 0.25) is 11.8 Å². The van der Waals surface area contributed by atoms with Crippen molar-refractivity contribution in [2.75, 3.05) is 26.2 Å². The Hall–Kier alpha value is -2.57. The number of nitrogens with zero attached hydrogens (tertiary/aromatic N) is 2. The summed E-state index contributed by atoms with van der Waals surface area (Å²) >= 11 is 0. The molecule has 2 amide bonds. The van der Waals surface area contributed by atoms with E-state index in [1.165, 1.54) is 11.8 Å². The van der Waals surface area contributed by atoms with Crippen LogP contribution in [0, 0.1) is 0 Å². The van der Waals surface area contributed by atoms with Gasteiger partial charge in [-0.3, -0.25) is 14.4 Å². The zero-order chi connectivity index (χ0) is 19.8. The summed E-state index contributed by atoms with van der Waals surface area (Å²) in [6, 6.07) is 7.38. The van der Waals surface area contributed by atoms with Crippen LogP contribution in [0.3, 0.4) is 0 Å². The average molecular weight is 376 g/mol. The van der Waals surface area contributed by atoms with Gasteiger partial charge in [-0.15, -0.1) is 0 Å². The van der Waals surface area contributed by atoms with Crippen molar-refractivity contribution in [1.82, 2.24) is 9.80 Å². The zero-order valence-corrected chi connectivity index (χ0v) is 16.0. The quantitative estimate of drug-likeness (QED) is 0.786.